The van der Waals surface area contributed by atoms with Gasteiger partial charge in [0.25, 0.3) is 0 Å². The van der Waals surface area contributed by atoms with Crippen LogP contribution in [0.25, 0.3) is 23.1 Å². The maximum Gasteiger partial charge on any atom is 0.178 e. The van der Waals surface area contributed by atoms with E-state index in [-0.39, 0.29) is 0 Å². The number of pyridine rings is 1. The molecule has 2 heterocycles. The Morgan fingerprint density at radius 2 is 1.53 bits per heavy atom. The SMILES string of the molecule is C(=Cc1ccc(OCc2ccc3ccccc3n2)cc1)c1ccc(Cc2nn[nH]n2)cc1. The smallest absolute Gasteiger partial charge is 0.178 e. The number of tetrazole rings is 1. The van der Waals surface area contributed by atoms with Crippen LogP contribution in [0, 0.1) is 0 Å². The second-order valence-electron chi connectivity index (χ2n) is 7.43. The lowest BCUT2D eigenvalue weighted by molar-refractivity contribution is 0.302. The first kappa shape index (κ1) is 19.6. The van der Waals surface area contributed by atoms with E-state index in [1.165, 1.54) is 0 Å². The molecule has 2 aromatic heterocycles. The molecule has 6 heteroatoms. The van der Waals surface area contributed by atoms with Crippen LogP contribution in [0.5, 0.6) is 5.75 Å². The van der Waals surface area contributed by atoms with Crippen molar-refractivity contribution in [1.29, 1.82) is 0 Å². The van der Waals surface area contributed by atoms with Crippen LogP contribution in [0.1, 0.15) is 28.2 Å². The molecule has 0 aliphatic heterocycles. The van der Waals surface area contributed by atoms with Gasteiger partial charge in [-0.15, -0.1) is 10.2 Å². The molecular formula is C26H21N5O. The van der Waals surface area contributed by atoms with E-state index in [1.807, 2.05) is 48.5 Å². The predicted octanol–water partition coefficient (Wildman–Crippen LogP) is 5.09. The topological polar surface area (TPSA) is 76.6 Å². The summed E-state index contributed by atoms with van der Waals surface area (Å²) in [4.78, 5) is 4.65. The Hall–Kier alpha value is -4.32. The van der Waals surface area contributed by atoms with E-state index in [4.69, 9.17) is 4.74 Å². The Bertz CT molecular complexity index is 1330. The molecule has 0 amide bonds. The van der Waals surface area contributed by atoms with E-state index < -0.39 is 0 Å². The second-order valence-corrected chi connectivity index (χ2v) is 7.43. The molecule has 0 saturated heterocycles. The molecule has 0 aliphatic rings. The molecule has 32 heavy (non-hydrogen) atoms. The molecule has 0 bridgehead atoms. The van der Waals surface area contributed by atoms with Crippen molar-refractivity contribution in [3.8, 4) is 5.75 Å². The van der Waals surface area contributed by atoms with Crippen LogP contribution in [-0.2, 0) is 13.0 Å². The highest BCUT2D eigenvalue weighted by atomic mass is 16.5. The van der Waals surface area contributed by atoms with Crippen LogP contribution in [0.4, 0.5) is 0 Å². The first-order chi connectivity index (χ1) is 15.8. The highest BCUT2D eigenvalue weighted by molar-refractivity contribution is 5.78. The van der Waals surface area contributed by atoms with Crippen molar-refractivity contribution in [2.75, 3.05) is 0 Å². The summed E-state index contributed by atoms with van der Waals surface area (Å²) in [5, 5.41) is 15.2. The van der Waals surface area contributed by atoms with Crippen LogP contribution in [0.15, 0.2) is 84.9 Å². The molecule has 0 aliphatic carbocycles. The Balaban J connectivity index is 1.17. The number of benzene rings is 3. The van der Waals surface area contributed by atoms with E-state index in [1.54, 1.807) is 0 Å². The molecule has 1 N–H and O–H groups in total. The fraction of sp³-hybridized carbons (Fsp3) is 0.0769. The minimum absolute atomic E-state index is 0.441. The van der Waals surface area contributed by atoms with Crippen LogP contribution in [0.3, 0.4) is 0 Å². The van der Waals surface area contributed by atoms with Gasteiger partial charge in [0, 0.05) is 11.8 Å². The van der Waals surface area contributed by atoms with Crippen LogP contribution >= 0.6 is 0 Å². The fourth-order valence-corrected chi connectivity index (χ4v) is 3.40. The second kappa shape index (κ2) is 9.22. The Morgan fingerprint density at radius 1 is 0.781 bits per heavy atom. The summed E-state index contributed by atoms with van der Waals surface area (Å²) in [5.41, 5.74) is 5.28. The lowest BCUT2D eigenvalue weighted by Gasteiger charge is -2.07. The third-order valence-electron chi connectivity index (χ3n) is 5.12. The normalized spacial score (nSPS) is 11.2. The number of nitrogens with one attached hydrogen (secondary N) is 1. The van der Waals surface area contributed by atoms with Crippen LogP contribution in [-0.4, -0.2) is 25.6 Å². The number of fused-ring (bicyclic) bond motifs is 1. The molecule has 0 saturated carbocycles. The molecule has 156 valence electrons. The van der Waals surface area contributed by atoms with Gasteiger partial charge in [0.15, 0.2) is 5.82 Å². The van der Waals surface area contributed by atoms with Gasteiger partial charge in [-0.1, -0.05) is 78.0 Å². The van der Waals surface area contributed by atoms with Gasteiger partial charge in [-0.05, 0) is 41.0 Å². The van der Waals surface area contributed by atoms with E-state index >= 15 is 0 Å². The van der Waals surface area contributed by atoms with E-state index in [2.05, 4.69) is 74.2 Å². The van der Waals surface area contributed by atoms with Gasteiger partial charge in [-0.25, -0.2) is 4.98 Å². The highest BCUT2D eigenvalue weighted by Gasteiger charge is 2.01. The maximum absolute atomic E-state index is 5.91. The quantitative estimate of drug-likeness (QED) is 0.372. The summed E-state index contributed by atoms with van der Waals surface area (Å²) in [6, 6.07) is 28.5. The van der Waals surface area contributed by atoms with Crippen molar-refractivity contribution in [3.05, 3.63) is 113 Å². The van der Waals surface area contributed by atoms with Crippen molar-refractivity contribution in [1.82, 2.24) is 25.6 Å². The van der Waals surface area contributed by atoms with E-state index in [0.717, 1.165) is 39.0 Å². The van der Waals surface area contributed by atoms with Crippen molar-refractivity contribution in [2.24, 2.45) is 0 Å². The summed E-state index contributed by atoms with van der Waals surface area (Å²) in [7, 11) is 0. The average Bonchev–Trinajstić information content (AvgIpc) is 3.36. The van der Waals surface area contributed by atoms with Gasteiger partial charge in [-0.3, -0.25) is 0 Å². The Labute approximate surface area is 185 Å². The maximum atomic E-state index is 5.91. The molecule has 0 radical (unpaired) electrons. The monoisotopic (exact) mass is 419 g/mol. The minimum atomic E-state index is 0.441. The summed E-state index contributed by atoms with van der Waals surface area (Å²) >= 11 is 0. The number of H-pyrrole nitrogens is 1. The summed E-state index contributed by atoms with van der Waals surface area (Å²) in [6.07, 6.45) is 4.84. The molecule has 3 aromatic carbocycles. The zero-order valence-corrected chi connectivity index (χ0v) is 17.3. The molecule has 5 aromatic rings. The number of aromatic amines is 1. The number of hydrogen-bond donors (Lipinski definition) is 1. The third-order valence-corrected chi connectivity index (χ3v) is 5.12. The predicted molar refractivity (Wildman–Crippen MR) is 125 cm³/mol. The third kappa shape index (κ3) is 4.87. The van der Waals surface area contributed by atoms with Crippen molar-refractivity contribution < 1.29 is 4.74 Å². The van der Waals surface area contributed by atoms with Crippen LogP contribution in [0.2, 0.25) is 0 Å². The lowest BCUT2D eigenvalue weighted by atomic mass is 10.1. The fourth-order valence-electron chi connectivity index (χ4n) is 3.40. The molecule has 0 spiro atoms. The summed E-state index contributed by atoms with van der Waals surface area (Å²) in [5.74, 6) is 1.51. The summed E-state index contributed by atoms with van der Waals surface area (Å²) in [6.45, 7) is 0.441. The first-order valence-corrected chi connectivity index (χ1v) is 10.4. The molecule has 0 fully saturated rings. The zero-order chi connectivity index (χ0) is 21.6. The number of ether oxygens (including phenoxy) is 1. The van der Waals surface area contributed by atoms with Gasteiger partial charge in [0.05, 0.1) is 11.2 Å². The number of nitrogens with zero attached hydrogens (tertiary/aromatic N) is 4. The van der Waals surface area contributed by atoms with Crippen molar-refractivity contribution in [3.63, 3.8) is 0 Å². The Kier molecular flexibility index (Phi) is 5.66. The number of rotatable bonds is 7. The van der Waals surface area contributed by atoms with Gasteiger partial charge < -0.3 is 4.74 Å². The first-order valence-electron chi connectivity index (χ1n) is 10.4. The molecule has 0 unspecified atom stereocenters. The van der Waals surface area contributed by atoms with Crippen molar-refractivity contribution >= 4 is 23.1 Å². The Morgan fingerprint density at radius 3 is 2.28 bits per heavy atom. The van der Waals surface area contributed by atoms with Gasteiger partial charge in [-0.2, -0.15) is 5.21 Å². The highest BCUT2D eigenvalue weighted by Crippen LogP contribution is 2.18. The zero-order valence-electron chi connectivity index (χ0n) is 17.3. The lowest BCUT2D eigenvalue weighted by Crippen LogP contribution is -1.98. The van der Waals surface area contributed by atoms with Crippen LogP contribution < -0.4 is 4.74 Å². The molecule has 6 nitrogen and oxygen atoms in total. The number of para-hydroxylation sites is 1. The van der Waals surface area contributed by atoms with Gasteiger partial charge >= 0.3 is 0 Å². The standard InChI is InChI=1S/C26H21N5O/c1-2-4-25-22(3-1)13-14-23(27-25)18-32-24-15-11-20(12-16-24)6-5-19-7-9-21(10-8-19)17-26-28-30-31-29-26/h1-16H,17-18H2,(H,28,29,30,31). The largest absolute Gasteiger partial charge is 0.487 e. The minimum Gasteiger partial charge on any atom is -0.487 e. The summed E-state index contributed by atoms with van der Waals surface area (Å²) < 4.78 is 5.91. The molecular weight excluding hydrogens is 398 g/mol. The number of hydrogen-bond acceptors (Lipinski definition) is 5. The van der Waals surface area contributed by atoms with Gasteiger partial charge in [0.1, 0.15) is 12.4 Å². The van der Waals surface area contributed by atoms with Gasteiger partial charge in [0.2, 0.25) is 0 Å². The van der Waals surface area contributed by atoms with E-state index in [9.17, 15) is 0 Å². The average molecular weight is 419 g/mol. The van der Waals surface area contributed by atoms with E-state index in [0.29, 0.717) is 18.9 Å². The van der Waals surface area contributed by atoms with Crippen molar-refractivity contribution in [2.45, 2.75) is 13.0 Å². The molecule has 5 rings (SSSR count). The number of aromatic nitrogens is 5. The molecule has 0 atom stereocenters.